The summed E-state index contributed by atoms with van der Waals surface area (Å²) in [6, 6.07) is 5.98. The van der Waals surface area contributed by atoms with Crippen LogP contribution in [0, 0.1) is 0 Å². The summed E-state index contributed by atoms with van der Waals surface area (Å²) in [5.74, 6) is 0.799. The molecule has 0 aliphatic carbocycles. The third-order valence-electron chi connectivity index (χ3n) is 3.05. The molecule has 2 unspecified atom stereocenters. The summed E-state index contributed by atoms with van der Waals surface area (Å²) in [5, 5.41) is 0. The van der Waals surface area contributed by atoms with Gasteiger partial charge in [0.2, 0.25) is 0 Å². The Labute approximate surface area is 161 Å². The molecule has 0 aliphatic heterocycles. The molecule has 1 aromatic carbocycles. The number of hydrogen-bond donors (Lipinski definition) is 0. The smallest absolute Gasteiger partial charge is 0.133 e. The van der Waals surface area contributed by atoms with E-state index in [1.165, 1.54) is 12.0 Å². The van der Waals surface area contributed by atoms with E-state index in [9.17, 15) is 0 Å². The maximum Gasteiger partial charge on any atom is 0.133 e. The van der Waals surface area contributed by atoms with Crippen LogP contribution >= 0.6 is 28.0 Å². The van der Waals surface area contributed by atoms with Gasteiger partial charge in [0, 0.05) is 21.7 Å². The van der Waals surface area contributed by atoms with Crippen molar-refractivity contribution in [2.75, 3.05) is 26.4 Å². The Hall–Kier alpha value is -0.0531. The van der Waals surface area contributed by atoms with Crippen LogP contribution < -0.4 is 4.74 Å². The lowest BCUT2D eigenvalue weighted by Gasteiger charge is -2.13. The summed E-state index contributed by atoms with van der Waals surface area (Å²) in [6.07, 6.45) is 1.12. The Balaban J connectivity index is 2.34. The predicted octanol–water partition coefficient (Wildman–Crippen LogP) is 4.34. The molecule has 7 heteroatoms. The van der Waals surface area contributed by atoms with Crippen LogP contribution in [0.4, 0.5) is 0 Å². The molecule has 0 N–H and O–H groups in total. The van der Waals surface area contributed by atoms with Gasteiger partial charge < -0.3 is 18.4 Å². The predicted molar refractivity (Wildman–Crippen MR) is 104 cm³/mol. The fraction of sp³-hybridized carbons (Fsp3) is 0.647. The van der Waals surface area contributed by atoms with E-state index in [0.717, 1.165) is 22.2 Å². The van der Waals surface area contributed by atoms with Crippen molar-refractivity contribution in [1.82, 2.24) is 0 Å². The number of hydrogen-bond acceptors (Lipinski definition) is 5. The lowest BCUT2D eigenvalue weighted by molar-refractivity contribution is -0.00716. The van der Waals surface area contributed by atoms with Crippen molar-refractivity contribution in [1.29, 1.82) is 0 Å². The molecule has 135 valence electrons. The molecule has 0 heterocycles. The van der Waals surface area contributed by atoms with Gasteiger partial charge in [0.15, 0.2) is 0 Å². The Kier molecular flexibility index (Phi) is 12.1. The van der Waals surface area contributed by atoms with Crippen molar-refractivity contribution >= 4 is 38.2 Å². The zero-order valence-corrected chi connectivity index (χ0v) is 18.0. The van der Waals surface area contributed by atoms with Gasteiger partial charge in [0.1, 0.15) is 12.4 Å². The van der Waals surface area contributed by atoms with E-state index < -0.39 is 0 Å². The quantitative estimate of drug-likeness (QED) is 0.262. The normalized spacial score (nSPS) is 13.7. The van der Waals surface area contributed by atoms with Crippen molar-refractivity contribution in [3.8, 4) is 5.75 Å². The SMILES string of the molecule is CCOC(C)COCc1ccc(Br)c(OCCOSC([Si])CC)c1. The van der Waals surface area contributed by atoms with Crippen molar-refractivity contribution in [3.63, 3.8) is 0 Å². The molecular weight excluding hydrogens is 408 g/mol. The molecule has 0 saturated heterocycles. The van der Waals surface area contributed by atoms with Crippen molar-refractivity contribution in [2.24, 2.45) is 0 Å². The van der Waals surface area contributed by atoms with Gasteiger partial charge in [-0.05, 0) is 65.9 Å². The van der Waals surface area contributed by atoms with Gasteiger partial charge in [-0.1, -0.05) is 13.0 Å². The lowest BCUT2D eigenvalue weighted by atomic mass is 10.2. The minimum atomic E-state index is 0.108. The molecular formula is C17H26BrO4SSi. The van der Waals surface area contributed by atoms with E-state index in [1.807, 2.05) is 32.0 Å². The minimum Gasteiger partial charge on any atom is -0.490 e. The highest BCUT2D eigenvalue weighted by atomic mass is 79.9. The van der Waals surface area contributed by atoms with Crippen LogP contribution in [-0.4, -0.2) is 47.6 Å². The number of benzene rings is 1. The molecule has 0 amide bonds. The van der Waals surface area contributed by atoms with E-state index in [-0.39, 0.29) is 6.10 Å². The minimum absolute atomic E-state index is 0.108. The average molecular weight is 434 g/mol. The molecule has 1 rings (SSSR count). The van der Waals surface area contributed by atoms with Gasteiger partial charge in [-0.25, -0.2) is 0 Å². The van der Waals surface area contributed by atoms with E-state index in [1.54, 1.807) is 0 Å². The molecule has 0 saturated carbocycles. The molecule has 0 fully saturated rings. The van der Waals surface area contributed by atoms with Crippen molar-refractivity contribution < 1.29 is 18.4 Å². The monoisotopic (exact) mass is 433 g/mol. The maximum absolute atomic E-state index is 5.78. The Morgan fingerprint density at radius 1 is 1.25 bits per heavy atom. The Morgan fingerprint density at radius 3 is 2.75 bits per heavy atom. The van der Waals surface area contributed by atoms with Crippen LogP contribution in [-0.2, 0) is 20.3 Å². The molecule has 4 nitrogen and oxygen atoms in total. The molecule has 3 radical (unpaired) electrons. The summed E-state index contributed by atoms with van der Waals surface area (Å²) >= 11 is 4.93. The van der Waals surface area contributed by atoms with Gasteiger partial charge in [-0.15, -0.1) is 0 Å². The second-order valence-electron chi connectivity index (χ2n) is 5.21. The van der Waals surface area contributed by atoms with Crippen LogP contribution in [0.25, 0.3) is 0 Å². The third kappa shape index (κ3) is 9.44. The van der Waals surface area contributed by atoms with Gasteiger partial charge in [-0.2, -0.15) is 0 Å². The molecule has 1 aromatic rings. The fourth-order valence-corrected chi connectivity index (χ4v) is 2.84. The first-order valence-electron chi connectivity index (χ1n) is 8.16. The summed E-state index contributed by atoms with van der Waals surface area (Å²) in [4.78, 5) is 0.316. The van der Waals surface area contributed by atoms with Gasteiger partial charge >= 0.3 is 0 Å². The van der Waals surface area contributed by atoms with Gasteiger partial charge in [-0.3, -0.25) is 0 Å². The first kappa shape index (κ1) is 22.0. The highest BCUT2D eigenvalue weighted by molar-refractivity contribution is 9.10. The average Bonchev–Trinajstić information content (AvgIpc) is 2.57. The topological polar surface area (TPSA) is 36.9 Å². The van der Waals surface area contributed by atoms with Gasteiger partial charge in [0.05, 0.1) is 30.4 Å². The summed E-state index contributed by atoms with van der Waals surface area (Å²) in [7, 11) is 3.56. The third-order valence-corrected chi connectivity index (χ3v) is 5.27. The van der Waals surface area contributed by atoms with E-state index >= 15 is 0 Å². The standard InChI is InChI=1S/C17H26BrO4SSi/c1-4-17(24)23-22-9-8-21-16-10-14(6-7-15(16)18)12-19-11-13(3)20-5-2/h6-7,10,13,17H,4-5,8-9,11-12H2,1-3H3. The van der Waals surface area contributed by atoms with Crippen LogP contribution in [0.15, 0.2) is 22.7 Å². The molecule has 0 aromatic heterocycles. The summed E-state index contributed by atoms with van der Waals surface area (Å²) in [5.41, 5.74) is 1.07. The second-order valence-corrected chi connectivity index (χ2v) is 8.18. The molecule has 0 bridgehead atoms. The first-order chi connectivity index (χ1) is 11.6. The van der Waals surface area contributed by atoms with Crippen LogP contribution in [0.3, 0.4) is 0 Å². The van der Waals surface area contributed by atoms with Gasteiger partial charge in [0.25, 0.3) is 0 Å². The largest absolute Gasteiger partial charge is 0.490 e. The zero-order chi connectivity index (χ0) is 17.8. The summed E-state index contributed by atoms with van der Waals surface area (Å²) < 4.78 is 23.3. The van der Waals surface area contributed by atoms with Crippen molar-refractivity contribution in [3.05, 3.63) is 28.2 Å². The Bertz CT molecular complexity index is 464. The molecule has 0 aliphatic rings. The molecule has 24 heavy (non-hydrogen) atoms. The van der Waals surface area contributed by atoms with E-state index in [4.69, 9.17) is 18.4 Å². The maximum atomic E-state index is 5.78. The highest BCUT2D eigenvalue weighted by Crippen LogP contribution is 2.26. The van der Waals surface area contributed by atoms with Crippen molar-refractivity contribution in [2.45, 2.75) is 44.8 Å². The van der Waals surface area contributed by atoms with Crippen LogP contribution in [0.1, 0.15) is 32.8 Å². The van der Waals surface area contributed by atoms with E-state index in [2.05, 4.69) is 33.1 Å². The lowest BCUT2D eigenvalue weighted by Crippen LogP contribution is -2.15. The number of halogens is 1. The van der Waals surface area contributed by atoms with E-state index in [0.29, 0.717) is 37.9 Å². The fourth-order valence-electron chi connectivity index (χ4n) is 1.81. The Morgan fingerprint density at radius 2 is 2.04 bits per heavy atom. The molecule has 2 atom stereocenters. The summed E-state index contributed by atoms with van der Waals surface area (Å²) in [6.45, 7) is 8.94. The number of ether oxygens (including phenoxy) is 3. The number of rotatable bonds is 13. The first-order valence-corrected chi connectivity index (χ1v) is 10.3. The second kappa shape index (κ2) is 13.2. The highest BCUT2D eigenvalue weighted by Gasteiger charge is 2.06. The molecule has 0 spiro atoms. The van der Waals surface area contributed by atoms with Crippen LogP contribution in [0.2, 0.25) is 0 Å². The van der Waals surface area contributed by atoms with Crippen LogP contribution in [0.5, 0.6) is 5.75 Å². The zero-order valence-electron chi connectivity index (χ0n) is 14.5.